The van der Waals surface area contributed by atoms with Gasteiger partial charge in [-0.25, -0.2) is 0 Å². The summed E-state index contributed by atoms with van der Waals surface area (Å²) < 4.78 is 5.76. The summed E-state index contributed by atoms with van der Waals surface area (Å²) in [6.45, 7) is 1.44. The van der Waals surface area contributed by atoms with E-state index >= 15 is 0 Å². The molecule has 8 nitrogen and oxygen atoms in total. The van der Waals surface area contributed by atoms with Crippen LogP contribution >= 0.6 is 35.3 Å². The Morgan fingerprint density at radius 2 is 2.00 bits per heavy atom. The van der Waals surface area contributed by atoms with E-state index in [1.165, 1.54) is 11.3 Å². The van der Waals surface area contributed by atoms with E-state index in [2.05, 4.69) is 10.6 Å². The summed E-state index contributed by atoms with van der Waals surface area (Å²) in [5.41, 5.74) is 7.85. The molecule has 1 saturated heterocycles. The van der Waals surface area contributed by atoms with E-state index in [-0.39, 0.29) is 61.3 Å². The summed E-state index contributed by atoms with van der Waals surface area (Å²) in [7, 11) is 0. The maximum Gasteiger partial charge on any atom is 0.261 e. The lowest BCUT2D eigenvalue weighted by Crippen LogP contribution is -2.57. The number of nitrogens with zero attached hydrogens (tertiary/aromatic N) is 1. The van der Waals surface area contributed by atoms with Crippen molar-refractivity contribution in [3.05, 3.63) is 51.2 Å². The largest absolute Gasteiger partial charge is 0.370 e. The van der Waals surface area contributed by atoms with E-state index in [1.54, 1.807) is 17.0 Å². The molecular weight excluding hydrogens is 499 g/mol. The van der Waals surface area contributed by atoms with Crippen LogP contribution in [0.5, 0.6) is 0 Å². The van der Waals surface area contributed by atoms with Crippen molar-refractivity contribution in [3.8, 4) is 0 Å². The van der Waals surface area contributed by atoms with Crippen molar-refractivity contribution in [1.29, 1.82) is 0 Å². The molecule has 3 amide bonds. The summed E-state index contributed by atoms with van der Waals surface area (Å²) in [5, 5.41) is 5.88. The maximum absolute atomic E-state index is 13.0. The number of anilines is 1. The molecule has 0 unspecified atom stereocenters. The van der Waals surface area contributed by atoms with Gasteiger partial charge in [0.05, 0.1) is 15.8 Å². The lowest BCUT2D eigenvalue weighted by atomic mass is 9.81. The summed E-state index contributed by atoms with van der Waals surface area (Å²) in [6.07, 6.45) is 1.86. The second-order valence-corrected chi connectivity index (χ2v) is 10.0. The molecule has 0 bridgehead atoms. The van der Waals surface area contributed by atoms with E-state index in [4.69, 9.17) is 22.1 Å². The van der Waals surface area contributed by atoms with Crippen LogP contribution in [0.25, 0.3) is 0 Å². The molecule has 1 aliphatic carbocycles. The average Bonchev–Trinajstić information content (AvgIpc) is 3.25. The van der Waals surface area contributed by atoms with Crippen molar-refractivity contribution in [2.75, 3.05) is 25.1 Å². The highest BCUT2D eigenvalue weighted by Gasteiger charge is 2.37. The molecule has 0 spiro atoms. The second kappa shape index (κ2) is 12.0. The van der Waals surface area contributed by atoms with Gasteiger partial charge in [-0.05, 0) is 43.0 Å². The number of carbonyl (C=O) groups is 3. The first-order valence-corrected chi connectivity index (χ1v) is 12.2. The van der Waals surface area contributed by atoms with Gasteiger partial charge in [0, 0.05) is 36.8 Å². The maximum atomic E-state index is 13.0. The first-order valence-electron chi connectivity index (χ1n) is 11.0. The SMILES string of the molecule is Cl.N[C@@H]1C[C@@H](C(=O)Nc2ccccc2CNC(=O)c2ccc(Cl)s2)CC[C@@H]1N1CCOCC1=O. The fraction of sp³-hybridized carbons (Fsp3) is 0.435. The molecular formula is C23H28Cl2N4O4S. The Morgan fingerprint density at radius 1 is 1.21 bits per heavy atom. The molecule has 1 aliphatic heterocycles. The number of carbonyl (C=O) groups excluding carboxylic acids is 3. The first-order chi connectivity index (χ1) is 15.9. The van der Waals surface area contributed by atoms with Crippen LogP contribution < -0.4 is 16.4 Å². The number of rotatable bonds is 6. The molecule has 1 aromatic heterocycles. The van der Waals surface area contributed by atoms with Crippen molar-refractivity contribution < 1.29 is 19.1 Å². The zero-order chi connectivity index (χ0) is 23.4. The van der Waals surface area contributed by atoms with Crippen LogP contribution in [0.1, 0.15) is 34.5 Å². The van der Waals surface area contributed by atoms with Crippen LogP contribution in [-0.4, -0.2) is 54.5 Å². The number of hydrogen-bond donors (Lipinski definition) is 3. The van der Waals surface area contributed by atoms with Gasteiger partial charge >= 0.3 is 0 Å². The summed E-state index contributed by atoms with van der Waals surface area (Å²) in [6, 6.07) is 10.4. The Labute approximate surface area is 213 Å². The van der Waals surface area contributed by atoms with E-state index < -0.39 is 0 Å². The normalized spacial score (nSPS) is 22.6. The molecule has 34 heavy (non-hydrogen) atoms. The van der Waals surface area contributed by atoms with Crippen LogP contribution in [0.15, 0.2) is 36.4 Å². The van der Waals surface area contributed by atoms with Crippen molar-refractivity contribution in [3.63, 3.8) is 0 Å². The van der Waals surface area contributed by atoms with E-state index in [1.807, 2.05) is 24.3 Å². The number of benzene rings is 1. The Hall–Kier alpha value is -2.17. The van der Waals surface area contributed by atoms with Gasteiger partial charge in [0.1, 0.15) is 6.61 Å². The first kappa shape index (κ1) is 26.4. The quantitative estimate of drug-likeness (QED) is 0.535. The summed E-state index contributed by atoms with van der Waals surface area (Å²) in [5.74, 6) is -0.579. The van der Waals surface area contributed by atoms with Crippen molar-refractivity contribution in [1.82, 2.24) is 10.2 Å². The molecule has 2 aliphatic rings. The van der Waals surface area contributed by atoms with Crippen molar-refractivity contribution in [2.24, 2.45) is 11.7 Å². The zero-order valence-electron chi connectivity index (χ0n) is 18.5. The van der Waals surface area contributed by atoms with Crippen molar-refractivity contribution >= 4 is 58.8 Å². The standard InChI is InChI=1S/C23H27ClN4O4S.ClH/c24-20-8-7-19(33-20)23(31)26-12-15-3-1-2-4-17(15)27-22(30)14-5-6-18(16(25)11-14)28-9-10-32-13-21(28)29;/h1-4,7-8,14,16,18H,5-6,9-13,25H2,(H,26,31)(H,27,30);1H/t14-,16+,18-;/m0./s1. The molecule has 4 N–H and O–H groups in total. The minimum absolute atomic E-state index is 0. The lowest BCUT2D eigenvalue weighted by Gasteiger charge is -2.42. The van der Waals surface area contributed by atoms with Crippen LogP contribution in [0.3, 0.4) is 0 Å². The van der Waals surface area contributed by atoms with Gasteiger partial charge in [0.2, 0.25) is 11.8 Å². The number of halogens is 2. The van der Waals surface area contributed by atoms with Gasteiger partial charge in [0.15, 0.2) is 0 Å². The molecule has 2 aromatic rings. The highest BCUT2D eigenvalue weighted by atomic mass is 35.5. The van der Waals surface area contributed by atoms with E-state index in [0.29, 0.717) is 47.3 Å². The number of nitrogens with one attached hydrogen (secondary N) is 2. The predicted octanol–water partition coefficient (Wildman–Crippen LogP) is 3.05. The van der Waals surface area contributed by atoms with Crippen LogP contribution in [-0.2, 0) is 20.9 Å². The van der Waals surface area contributed by atoms with Crippen LogP contribution in [0, 0.1) is 5.92 Å². The molecule has 0 radical (unpaired) electrons. The molecule has 4 rings (SSSR count). The molecule has 1 saturated carbocycles. The molecule has 2 heterocycles. The van der Waals surface area contributed by atoms with Gasteiger partial charge in [-0.15, -0.1) is 23.7 Å². The highest BCUT2D eigenvalue weighted by Crippen LogP contribution is 2.29. The minimum Gasteiger partial charge on any atom is -0.370 e. The van der Waals surface area contributed by atoms with E-state index in [9.17, 15) is 14.4 Å². The van der Waals surface area contributed by atoms with Crippen LogP contribution in [0.2, 0.25) is 4.34 Å². The predicted molar refractivity (Wildman–Crippen MR) is 134 cm³/mol. The number of hydrogen-bond acceptors (Lipinski definition) is 6. The summed E-state index contributed by atoms with van der Waals surface area (Å²) >= 11 is 7.12. The van der Waals surface area contributed by atoms with Gasteiger partial charge in [-0.1, -0.05) is 29.8 Å². The Morgan fingerprint density at radius 3 is 2.71 bits per heavy atom. The van der Waals surface area contributed by atoms with E-state index in [0.717, 1.165) is 5.56 Å². The minimum atomic E-state index is -0.260. The molecule has 1 aromatic carbocycles. The number of para-hydroxylation sites is 1. The monoisotopic (exact) mass is 526 g/mol. The number of nitrogens with two attached hydrogens (primary N) is 1. The molecule has 3 atom stereocenters. The number of amides is 3. The molecule has 184 valence electrons. The number of thiophene rings is 1. The Bertz CT molecular complexity index is 1030. The van der Waals surface area contributed by atoms with Gasteiger partial charge in [-0.3, -0.25) is 14.4 Å². The Balaban J connectivity index is 0.00000324. The zero-order valence-corrected chi connectivity index (χ0v) is 20.9. The second-order valence-electron chi connectivity index (χ2n) is 8.31. The highest BCUT2D eigenvalue weighted by molar-refractivity contribution is 7.18. The third-order valence-corrected chi connectivity index (χ3v) is 7.40. The smallest absolute Gasteiger partial charge is 0.261 e. The van der Waals surface area contributed by atoms with Crippen LogP contribution in [0.4, 0.5) is 5.69 Å². The van der Waals surface area contributed by atoms with Gasteiger partial charge < -0.3 is 26.0 Å². The van der Waals surface area contributed by atoms with Crippen molar-refractivity contribution in [2.45, 2.75) is 37.9 Å². The summed E-state index contributed by atoms with van der Waals surface area (Å²) in [4.78, 5) is 39.8. The average molecular weight is 527 g/mol. The number of ether oxygens (including phenoxy) is 1. The fourth-order valence-corrected chi connectivity index (χ4v) is 5.38. The third-order valence-electron chi connectivity index (χ3n) is 6.17. The molecule has 2 fully saturated rings. The lowest BCUT2D eigenvalue weighted by molar-refractivity contribution is -0.147. The fourth-order valence-electron chi connectivity index (χ4n) is 4.43. The third kappa shape index (κ3) is 6.28. The Kier molecular flexibility index (Phi) is 9.32. The van der Waals surface area contributed by atoms with Gasteiger partial charge in [-0.2, -0.15) is 0 Å². The number of morpholine rings is 1. The topological polar surface area (TPSA) is 114 Å². The molecule has 11 heteroatoms. The van der Waals surface area contributed by atoms with Gasteiger partial charge in [0.25, 0.3) is 5.91 Å².